The number of hydrogen-bond acceptors (Lipinski definition) is 10. The van der Waals surface area contributed by atoms with Crippen LogP contribution < -0.4 is 0 Å². The van der Waals surface area contributed by atoms with Crippen LogP contribution in [0.15, 0.2) is 28.3 Å². The van der Waals surface area contributed by atoms with Crippen LogP contribution in [-0.4, -0.2) is 103 Å². The number of ether oxygens (including phenoxy) is 1. The van der Waals surface area contributed by atoms with E-state index in [2.05, 4.69) is 20.1 Å². The van der Waals surface area contributed by atoms with E-state index in [0.717, 1.165) is 48.7 Å². The van der Waals surface area contributed by atoms with Gasteiger partial charge in [-0.05, 0) is 49.9 Å². The molecular formula is C26H31F4N5O7S. The SMILES string of the molecule is Cn1c(SCCCN2CC3CC3(c3ccc(C(F)(F)F)cc3F)C2)nnc1C1(C)COC=N1.O=C(O)C(O)C(O)C(=O)O. The lowest BCUT2D eigenvalue weighted by atomic mass is 9.93. The summed E-state index contributed by atoms with van der Waals surface area (Å²) >= 11 is 1.63. The van der Waals surface area contributed by atoms with Gasteiger partial charge in [-0.25, -0.2) is 19.0 Å². The van der Waals surface area contributed by atoms with Gasteiger partial charge in [-0.2, -0.15) is 13.2 Å². The predicted octanol–water partition coefficient (Wildman–Crippen LogP) is 1.88. The first-order valence-electron chi connectivity index (χ1n) is 13.2. The minimum Gasteiger partial charge on any atom is -0.480 e. The maximum atomic E-state index is 14.6. The molecule has 0 radical (unpaired) electrons. The predicted molar refractivity (Wildman–Crippen MR) is 143 cm³/mol. The quantitative estimate of drug-likeness (QED) is 0.171. The number of aliphatic hydroxyl groups excluding tert-OH is 2. The standard InChI is InChI=1S/C22H25F4N5OS.C4H6O6/c1-20(12-32-13-27-20)18-28-29-19(30(18)2)33-7-3-6-31-10-15-9-21(15,11-31)16-5-4-14(8-17(16)23)22(24,25)26;5-1(3(7)8)2(6)4(9)10/h4-5,8,13,15H,3,6-7,9-12H2,1-2H3;1-2,5-6H,(H,7,8)(H,9,10). The number of carboxylic acid groups (broad SMARTS) is 2. The van der Waals surface area contributed by atoms with Gasteiger partial charge in [-0.3, -0.25) is 0 Å². The number of alkyl halides is 3. The second-order valence-electron chi connectivity index (χ2n) is 10.9. The molecule has 5 atom stereocenters. The van der Waals surface area contributed by atoms with Gasteiger partial charge in [0.15, 0.2) is 35.1 Å². The number of aliphatic imine (C=N–C) groups is 1. The second kappa shape index (κ2) is 12.4. The minimum absolute atomic E-state index is 0.313. The van der Waals surface area contributed by atoms with Crippen molar-refractivity contribution in [3.05, 3.63) is 41.0 Å². The molecule has 2 fully saturated rings. The number of likely N-dealkylation sites (tertiary alicyclic amines) is 1. The van der Waals surface area contributed by atoms with Crippen LogP contribution in [0.3, 0.4) is 0 Å². The molecule has 236 valence electrons. The lowest BCUT2D eigenvalue weighted by Crippen LogP contribution is -2.39. The third-order valence-corrected chi connectivity index (χ3v) is 8.90. The lowest BCUT2D eigenvalue weighted by molar-refractivity contribution is -0.165. The first-order chi connectivity index (χ1) is 20.1. The lowest BCUT2D eigenvalue weighted by Gasteiger charge is -2.21. The summed E-state index contributed by atoms with van der Waals surface area (Å²) < 4.78 is 60.4. The summed E-state index contributed by atoms with van der Waals surface area (Å²) in [6, 6.07) is 2.97. The van der Waals surface area contributed by atoms with E-state index in [4.69, 9.17) is 25.2 Å². The van der Waals surface area contributed by atoms with Crippen molar-refractivity contribution in [1.29, 1.82) is 0 Å². The van der Waals surface area contributed by atoms with Crippen LogP contribution in [0.1, 0.15) is 36.7 Å². The first-order valence-corrected chi connectivity index (χ1v) is 14.2. The average molecular weight is 634 g/mol. The summed E-state index contributed by atoms with van der Waals surface area (Å²) in [7, 11) is 1.92. The molecule has 3 aliphatic rings. The van der Waals surface area contributed by atoms with Crippen LogP contribution in [0.4, 0.5) is 17.6 Å². The van der Waals surface area contributed by atoms with Crippen molar-refractivity contribution < 1.29 is 52.3 Å². The van der Waals surface area contributed by atoms with Crippen LogP contribution in [0, 0.1) is 11.7 Å². The molecule has 43 heavy (non-hydrogen) atoms. The summed E-state index contributed by atoms with van der Waals surface area (Å²) in [6.45, 7) is 4.81. The van der Waals surface area contributed by atoms with E-state index in [-0.39, 0.29) is 5.41 Å². The Morgan fingerprint density at radius 3 is 2.42 bits per heavy atom. The number of piperidine rings is 1. The van der Waals surface area contributed by atoms with Crippen LogP contribution in [0.5, 0.6) is 0 Å². The van der Waals surface area contributed by atoms with Gasteiger partial charge in [0, 0.05) is 31.3 Å². The smallest absolute Gasteiger partial charge is 0.416 e. The molecule has 1 aromatic carbocycles. The summed E-state index contributed by atoms with van der Waals surface area (Å²) in [4.78, 5) is 26.2. The Balaban J connectivity index is 0.000000365. The van der Waals surface area contributed by atoms with Crippen molar-refractivity contribution in [2.24, 2.45) is 18.0 Å². The zero-order valence-electron chi connectivity index (χ0n) is 23.2. The van der Waals surface area contributed by atoms with E-state index in [1.807, 2.05) is 18.5 Å². The molecule has 17 heteroatoms. The highest BCUT2D eigenvalue weighted by Crippen LogP contribution is 2.59. The van der Waals surface area contributed by atoms with Crippen molar-refractivity contribution in [3.8, 4) is 0 Å². The van der Waals surface area contributed by atoms with E-state index in [9.17, 15) is 27.2 Å². The fourth-order valence-corrected chi connectivity index (χ4v) is 6.25. The van der Waals surface area contributed by atoms with Crippen LogP contribution in [0.25, 0.3) is 0 Å². The van der Waals surface area contributed by atoms with E-state index in [1.165, 1.54) is 12.5 Å². The molecule has 5 rings (SSSR count). The molecule has 4 N–H and O–H groups in total. The summed E-state index contributed by atoms with van der Waals surface area (Å²) in [5.41, 5.74) is -1.36. The largest absolute Gasteiger partial charge is 0.480 e. The summed E-state index contributed by atoms with van der Waals surface area (Å²) in [5.74, 6) is -2.35. The number of thioether (sulfide) groups is 1. The fraction of sp³-hybridized carbons (Fsp3) is 0.577. The number of nitrogens with zero attached hydrogens (tertiary/aromatic N) is 5. The first kappa shape index (κ1) is 32.6. The van der Waals surface area contributed by atoms with Crippen LogP contribution in [0.2, 0.25) is 0 Å². The number of rotatable bonds is 10. The zero-order valence-corrected chi connectivity index (χ0v) is 24.0. The number of aromatic nitrogens is 3. The van der Waals surface area contributed by atoms with Gasteiger partial charge in [0.1, 0.15) is 12.4 Å². The van der Waals surface area contributed by atoms with Crippen molar-refractivity contribution in [2.75, 3.05) is 32.0 Å². The molecule has 0 spiro atoms. The van der Waals surface area contributed by atoms with E-state index >= 15 is 0 Å². The topological polar surface area (TPSA) is 171 Å². The van der Waals surface area contributed by atoms with Crippen molar-refractivity contribution in [3.63, 3.8) is 0 Å². The zero-order chi connectivity index (χ0) is 31.7. The Bertz CT molecular complexity index is 1370. The average Bonchev–Trinajstić information content (AvgIpc) is 3.24. The molecule has 1 saturated carbocycles. The van der Waals surface area contributed by atoms with E-state index in [0.29, 0.717) is 30.7 Å². The molecule has 5 unspecified atom stereocenters. The number of fused-ring (bicyclic) bond motifs is 1. The Labute approximate surface area is 247 Å². The molecule has 1 aromatic heterocycles. The molecule has 2 aromatic rings. The third kappa shape index (κ3) is 6.94. The highest BCUT2D eigenvalue weighted by molar-refractivity contribution is 7.99. The second-order valence-corrected chi connectivity index (χ2v) is 12.0. The van der Waals surface area contributed by atoms with Gasteiger partial charge in [0.05, 0.1) is 5.56 Å². The number of benzene rings is 1. The highest BCUT2D eigenvalue weighted by Gasteiger charge is 2.61. The molecule has 2 aliphatic heterocycles. The molecule has 12 nitrogen and oxygen atoms in total. The maximum Gasteiger partial charge on any atom is 0.416 e. The number of carbonyl (C=O) groups is 2. The number of aliphatic carboxylic acids is 2. The molecule has 1 saturated heterocycles. The Hall–Kier alpha value is -3.28. The fourth-order valence-electron chi connectivity index (χ4n) is 5.41. The normalized spacial score (nSPS) is 25.8. The minimum atomic E-state index is -4.53. The van der Waals surface area contributed by atoms with Crippen molar-refractivity contribution in [1.82, 2.24) is 19.7 Å². The molecule has 0 amide bonds. The van der Waals surface area contributed by atoms with Crippen molar-refractivity contribution in [2.45, 2.75) is 54.3 Å². The van der Waals surface area contributed by atoms with Gasteiger partial charge >= 0.3 is 18.1 Å². The summed E-state index contributed by atoms with van der Waals surface area (Å²) in [5, 5.41) is 41.9. The Morgan fingerprint density at radius 2 is 1.86 bits per heavy atom. The third-order valence-electron chi connectivity index (χ3n) is 7.80. The van der Waals surface area contributed by atoms with E-state index < -0.39 is 47.2 Å². The van der Waals surface area contributed by atoms with Gasteiger partial charge in [0.25, 0.3) is 0 Å². The Morgan fingerprint density at radius 1 is 1.19 bits per heavy atom. The number of aliphatic hydroxyl groups is 2. The monoisotopic (exact) mass is 633 g/mol. The number of carboxylic acids is 2. The summed E-state index contributed by atoms with van der Waals surface area (Å²) in [6.07, 6.45) is -5.85. The van der Waals surface area contributed by atoms with Crippen LogP contribution in [-0.2, 0) is 38.5 Å². The number of hydrogen-bond donors (Lipinski definition) is 4. The van der Waals surface area contributed by atoms with Gasteiger partial charge in [-0.1, -0.05) is 17.8 Å². The maximum absolute atomic E-state index is 14.6. The number of halogens is 4. The molecule has 0 bridgehead atoms. The Kier molecular flexibility index (Phi) is 9.39. The highest BCUT2D eigenvalue weighted by atomic mass is 32.2. The van der Waals surface area contributed by atoms with Crippen LogP contribution >= 0.6 is 11.8 Å². The molecule has 1 aliphatic carbocycles. The van der Waals surface area contributed by atoms with E-state index in [1.54, 1.807) is 11.8 Å². The van der Waals surface area contributed by atoms with Gasteiger partial charge < -0.3 is 34.6 Å². The molecular weight excluding hydrogens is 602 g/mol. The van der Waals surface area contributed by atoms with Crippen molar-refractivity contribution >= 4 is 30.1 Å². The van der Waals surface area contributed by atoms with Gasteiger partial charge in [-0.15, -0.1) is 10.2 Å². The molecule has 3 heterocycles. The van der Waals surface area contributed by atoms with Gasteiger partial charge in [0.2, 0.25) is 0 Å².